The first-order chi connectivity index (χ1) is 8.84. The average molecular weight is 261 g/mol. The molecule has 0 radical (unpaired) electrons. The molecular weight excluding hydrogens is 248 g/mol. The summed E-state index contributed by atoms with van der Waals surface area (Å²) in [7, 11) is 0. The Bertz CT molecular complexity index is 556. The molecule has 0 N–H and O–H groups in total. The third-order valence-electron chi connectivity index (χ3n) is 3.15. The molecule has 2 aromatic heterocycles. The van der Waals surface area contributed by atoms with E-state index in [0.29, 0.717) is 16.8 Å². The molecule has 0 unspecified atom stereocenters. The van der Waals surface area contributed by atoms with E-state index in [1.165, 1.54) is 6.42 Å². The molecule has 0 bridgehead atoms. The summed E-state index contributed by atoms with van der Waals surface area (Å²) in [6.07, 6.45) is 8.87. The zero-order valence-corrected chi connectivity index (χ0v) is 10.7. The van der Waals surface area contributed by atoms with Crippen LogP contribution in [-0.2, 0) is 12.8 Å². The fraction of sp³-hybridized carbons (Fsp3) is 0.385. The van der Waals surface area contributed by atoms with Crippen LogP contribution >= 0.6 is 11.6 Å². The van der Waals surface area contributed by atoms with Crippen molar-refractivity contribution in [1.82, 2.24) is 19.9 Å². The lowest BCUT2D eigenvalue weighted by atomic mass is 10.1. The van der Waals surface area contributed by atoms with Gasteiger partial charge in [0.2, 0.25) is 0 Å². The lowest BCUT2D eigenvalue weighted by molar-refractivity contribution is 0.709. The number of hydrogen-bond acceptors (Lipinski definition) is 4. The Kier molecular flexibility index (Phi) is 3.19. The highest BCUT2D eigenvalue weighted by molar-refractivity contribution is 6.30. The van der Waals surface area contributed by atoms with Crippen molar-refractivity contribution < 1.29 is 0 Å². The molecule has 3 rings (SSSR count). The highest BCUT2D eigenvalue weighted by Crippen LogP contribution is 2.26. The minimum absolute atomic E-state index is 0.529. The normalized spacial score (nSPS) is 14.9. The van der Waals surface area contributed by atoms with Gasteiger partial charge in [-0.05, 0) is 31.7 Å². The van der Waals surface area contributed by atoms with Gasteiger partial charge in [-0.2, -0.15) is 0 Å². The van der Waals surface area contributed by atoms with Gasteiger partial charge < -0.3 is 0 Å². The molecule has 0 aromatic carbocycles. The summed E-state index contributed by atoms with van der Waals surface area (Å²) in [5.74, 6) is 1.06. The van der Waals surface area contributed by atoms with E-state index in [9.17, 15) is 0 Å². The summed E-state index contributed by atoms with van der Waals surface area (Å²) in [6.45, 7) is 0. The number of aromatic nitrogens is 4. The number of hydrogen-bond donors (Lipinski definition) is 0. The number of fused-ring (bicyclic) bond motifs is 1. The molecule has 4 nitrogen and oxygen atoms in total. The van der Waals surface area contributed by atoms with Crippen molar-refractivity contribution in [2.45, 2.75) is 32.1 Å². The van der Waals surface area contributed by atoms with E-state index in [1.54, 1.807) is 18.5 Å². The van der Waals surface area contributed by atoms with Gasteiger partial charge in [-0.3, -0.25) is 0 Å². The van der Waals surface area contributed by atoms with Crippen LogP contribution in [-0.4, -0.2) is 19.9 Å². The molecule has 5 heteroatoms. The lowest BCUT2D eigenvalue weighted by Gasteiger charge is -2.08. The molecule has 1 aliphatic rings. The summed E-state index contributed by atoms with van der Waals surface area (Å²) in [5.41, 5.74) is 2.17. The second-order valence-electron chi connectivity index (χ2n) is 4.40. The minimum Gasteiger partial charge on any atom is -0.234 e. The number of halogens is 1. The van der Waals surface area contributed by atoms with Crippen LogP contribution in [0.25, 0.3) is 11.6 Å². The first-order valence-electron chi connectivity index (χ1n) is 6.17. The fourth-order valence-corrected chi connectivity index (χ4v) is 2.52. The van der Waals surface area contributed by atoms with Crippen molar-refractivity contribution in [2.24, 2.45) is 0 Å². The SMILES string of the molecule is Clc1nc(-c2ncccn2)nc2c1CCCCC2. The van der Waals surface area contributed by atoms with Gasteiger partial charge in [-0.25, -0.2) is 19.9 Å². The zero-order valence-electron chi connectivity index (χ0n) is 9.93. The van der Waals surface area contributed by atoms with Crippen molar-refractivity contribution in [2.75, 3.05) is 0 Å². The van der Waals surface area contributed by atoms with Gasteiger partial charge >= 0.3 is 0 Å². The highest BCUT2D eigenvalue weighted by atomic mass is 35.5. The topological polar surface area (TPSA) is 51.6 Å². The van der Waals surface area contributed by atoms with Crippen molar-refractivity contribution in [3.63, 3.8) is 0 Å². The molecular formula is C13H13ClN4. The molecule has 0 aliphatic heterocycles. The fourth-order valence-electron chi connectivity index (χ4n) is 2.24. The zero-order chi connectivity index (χ0) is 12.4. The second kappa shape index (κ2) is 4.98. The van der Waals surface area contributed by atoms with Crippen LogP contribution < -0.4 is 0 Å². The average Bonchev–Trinajstić information content (AvgIpc) is 2.65. The number of aryl methyl sites for hydroxylation is 1. The van der Waals surface area contributed by atoms with E-state index < -0.39 is 0 Å². The molecule has 2 heterocycles. The smallest absolute Gasteiger partial charge is 0.199 e. The summed E-state index contributed by atoms with van der Waals surface area (Å²) in [6, 6.07) is 1.77. The maximum atomic E-state index is 6.26. The third-order valence-corrected chi connectivity index (χ3v) is 3.46. The van der Waals surface area contributed by atoms with E-state index >= 15 is 0 Å². The number of rotatable bonds is 1. The lowest BCUT2D eigenvalue weighted by Crippen LogP contribution is -2.03. The van der Waals surface area contributed by atoms with Gasteiger partial charge in [-0.15, -0.1) is 0 Å². The van der Waals surface area contributed by atoms with Crippen molar-refractivity contribution in [3.8, 4) is 11.6 Å². The molecule has 0 saturated carbocycles. The first kappa shape index (κ1) is 11.5. The Balaban J connectivity index is 2.08. The Labute approximate surface area is 110 Å². The van der Waals surface area contributed by atoms with Crippen LogP contribution in [0.2, 0.25) is 5.15 Å². The van der Waals surface area contributed by atoms with Crippen LogP contribution in [0.15, 0.2) is 18.5 Å². The van der Waals surface area contributed by atoms with Crippen LogP contribution in [0.3, 0.4) is 0 Å². The minimum atomic E-state index is 0.529. The van der Waals surface area contributed by atoms with E-state index in [1.807, 2.05) is 0 Å². The van der Waals surface area contributed by atoms with Gasteiger partial charge in [-0.1, -0.05) is 18.0 Å². The Morgan fingerprint density at radius 3 is 2.50 bits per heavy atom. The maximum absolute atomic E-state index is 6.26. The van der Waals surface area contributed by atoms with E-state index in [4.69, 9.17) is 11.6 Å². The Morgan fingerprint density at radius 1 is 0.889 bits per heavy atom. The number of nitrogens with zero attached hydrogens (tertiary/aromatic N) is 4. The standard InChI is InChI=1S/C13H13ClN4/c14-11-9-5-2-1-3-6-10(9)17-13(18-11)12-15-7-4-8-16-12/h4,7-8H,1-3,5-6H2. The molecule has 18 heavy (non-hydrogen) atoms. The van der Waals surface area contributed by atoms with Crippen LogP contribution in [0.1, 0.15) is 30.5 Å². The molecule has 1 aliphatic carbocycles. The van der Waals surface area contributed by atoms with Crippen LogP contribution in [0.5, 0.6) is 0 Å². The van der Waals surface area contributed by atoms with E-state index in [-0.39, 0.29) is 0 Å². The Hall–Kier alpha value is -1.55. The van der Waals surface area contributed by atoms with Crippen molar-refractivity contribution >= 4 is 11.6 Å². The predicted molar refractivity (Wildman–Crippen MR) is 69.3 cm³/mol. The van der Waals surface area contributed by atoms with Crippen molar-refractivity contribution in [1.29, 1.82) is 0 Å². The molecule has 0 spiro atoms. The van der Waals surface area contributed by atoms with Crippen molar-refractivity contribution in [3.05, 3.63) is 34.9 Å². The van der Waals surface area contributed by atoms with E-state index in [0.717, 1.165) is 36.9 Å². The largest absolute Gasteiger partial charge is 0.234 e. The highest BCUT2D eigenvalue weighted by Gasteiger charge is 2.17. The molecule has 2 aromatic rings. The monoisotopic (exact) mass is 260 g/mol. The summed E-state index contributed by atoms with van der Waals surface area (Å²) in [5, 5.41) is 0.560. The maximum Gasteiger partial charge on any atom is 0.199 e. The third kappa shape index (κ3) is 2.20. The quantitative estimate of drug-likeness (QED) is 0.584. The van der Waals surface area contributed by atoms with Gasteiger partial charge in [0, 0.05) is 23.7 Å². The summed E-state index contributed by atoms with van der Waals surface area (Å²) < 4.78 is 0. The van der Waals surface area contributed by atoms with E-state index in [2.05, 4.69) is 19.9 Å². The molecule has 0 fully saturated rings. The van der Waals surface area contributed by atoms with Gasteiger partial charge in [0.15, 0.2) is 11.6 Å². The summed E-state index contributed by atoms with van der Waals surface area (Å²) >= 11 is 6.26. The van der Waals surface area contributed by atoms with Gasteiger partial charge in [0.05, 0.1) is 0 Å². The van der Waals surface area contributed by atoms with Gasteiger partial charge in [0.1, 0.15) is 5.15 Å². The predicted octanol–water partition coefficient (Wildman–Crippen LogP) is 2.86. The van der Waals surface area contributed by atoms with Crippen LogP contribution in [0.4, 0.5) is 0 Å². The molecule has 0 amide bonds. The van der Waals surface area contributed by atoms with Crippen LogP contribution in [0, 0.1) is 0 Å². The Morgan fingerprint density at radius 2 is 1.67 bits per heavy atom. The second-order valence-corrected chi connectivity index (χ2v) is 4.75. The molecule has 0 saturated heterocycles. The first-order valence-corrected chi connectivity index (χ1v) is 6.55. The molecule has 0 atom stereocenters. The summed E-state index contributed by atoms with van der Waals surface area (Å²) in [4.78, 5) is 17.2. The van der Waals surface area contributed by atoms with Gasteiger partial charge in [0.25, 0.3) is 0 Å². The molecule has 92 valence electrons.